The molecule has 3 aromatic rings. The van der Waals surface area contributed by atoms with E-state index in [9.17, 15) is 18.0 Å². The SMILES string of the molecule is O=c1ccc(C(F)(F)F)nn1Cc1ccn(-c2ccccc2)n1. The second-order valence-electron chi connectivity index (χ2n) is 4.80. The lowest BCUT2D eigenvalue weighted by molar-refractivity contribution is -0.142. The van der Waals surface area contributed by atoms with Crippen LogP contribution < -0.4 is 5.56 Å². The van der Waals surface area contributed by atoms with Gasteiger partial charge in [-0.2, -0.15) is 23.4 Å². The van der Waals surface area contributed by atoms with Crippen LogP contribution in [0.15, 0.2) is 59.5 Å². The van der Waals surface area contributed by atoms with Crippen molar-refractivity contribution in [2.24, 2.45) is 0 Å². The minimum absolute atomic E-state index is 0.136. The number of rotatable bonds is 3. The van der Waals surface area contributed by atoms with Crippen molar-refractivity contribution in [1.29, 1.82) is 0 Å². The largest absolute Gasteiger partial charge is 0.435 e. The van der Waals surface area contributed by atoms with Crippen LogP contribution >= 0.6 is 0 Å². The van der Waals surface area contributed by atoms with Crippen molar-refractivity contribution in [1.82, 2.24) is 19.6 Å². The molecule has 0 bridgehead atoms. The third kappa shape index (κ3) is 3.31. The third-order valence-corrected chi connectivity index (χ3v) is 3.13. The van der Waals surface area contributed by atoms with Crippen molar-refractivity contribution in [2.45, 2.75) is 12.7 Å². The molecule has 118 valence electrons. The molecule has 2 aromatic heterocycles. The molecule has 0 atom stereocenters. The van der Waals surface area contributed by atoms with Crippen LogP contribution in [0, 0.1) is 0 Å². The van der Waals surface area contributed by atoms with Gasteiger partial charge in [0, 0.05) is 12.3 Å². The Morgan fingerprint density at radius 2 is 1.70 bits per heavy atom. The Labute approximate surface area is 128 Å². The summed E-state index contributed by atoms with van der Waals surface area (Å²) in [6.07, 6.45) is -2.93. The fourth-order valence-electron chi connectivity index (χ4n) is 2.04. The Morgan fingerprint density at radius 1 is 0.957 bits per heavy atom. The van der Waals surface area contributed by atoms with E-state index in [4.69, 9.17) is 0 Å². The molecule has 23 heavy (non-hydrogen) atoms. The van der Waals surface area contributed by atoms with Crippen LogP contribution in [0.4, 0.5) is 13.2 Å². The Bertz CT molecular complexity index is 868. The molecule has 8 heteroatoms. The molecule has 0 saturated heterocycles. The lowest BCUT2D eigenvalue weighted by atomic mass is 10.3. The van der Waals surface area contributed by atoms with Gasteiger partial charge in [0.1, 0.15) is 0 Å². The van der Waals surface area contributed by atoms with Gasteiger partial charge in [0.25, 0.3) is 5.56 Å². The molecule has 0 saturated carbocycles. The van der Waals surface area contributed by atoms with Crippen LogP contribution in [0.1, 0.15) is 11.4 Å². The average molecular weight is 320 g/mol. The highest BCUT2D eigenvalue weighted by Crippen LogP contribution is 2.26. The molecular formula is C15H11F3N4O. The lowest BCUT2D eigenvalue weighted by Gasteiger charge is -2.08. The maximum atomic E-state index is 12.7. The molecular weight excluding hydrogens is 309 g/mol. The van der Waals surface area contributed by atoms with E-state index < -0.39 is 17.4 Å². The monoisotopic (exact) mass is 320 g/mol. The summed E-state index contributed by atoms with van der Waals surface area (Å²) >= 11 is 0. The summed E-state index contributed by atoms with van der Waals surface area (Å²) in [5, 5.41) is 7.60. The number of hydrogen-bond acceptors (Lipinski definition) is 3. The van der Waals surface area contributed by atoms with Crippen molar-refractivity contribution in [2.75, 3.05) is 0 Å². The highest BCUT2D eigenvalue weighted by atomic mass is 19.4. The summed E-state index contributed by atoms with van der Waals surface area (Å²) < 4.78 is 40.3. The number of benzene rings is 1. The number of alkyl halides is 3. The summed E-state index contributed by atoms with van der Waals surface area (Å²) in [7, 11) is 0. The zero-order valence-electron chi connectivity index (χ0n) is 11.7. The van der Waals surface area contributed by atoms with Gasteiger partial charge in [-0.1, -0.05) is 18.2 Å². The Hall–Kier alpha value is -2.90. The van der Waals surface area contributed by atoms with Crippen molar-refractivity contribution in [3.8, 4) is 5.69 Å². The van der Waals surface area contributed by atoms with Gasteiger partial charge < -0.3 is 0 Å². The van der Waals surface area contributed by atoms with Crippen molar-refractivity contribution < 1.29 is 13.2 Å². The molecule has 0 fully saturated rings. The minimum Gasteiger partial charge on any atom is -0.268 e. The van der Waals surface area contributed by atoms with Gasteiger partial charge in [-0.3, -0.25) is 4.79 Å². The first-order valence-corrected chi connectivity index (χ1v) is 6.69. The Kier molecular flexibility index (Phi) is 3.73. The normalized spacial score (nSPS) is 11.6. The average Bonchev–Trinajstić information content (AvgIpc) is 2.98. The molecule has 5 nitrogen and oxygen atoms in total. The predicted molar refractivity (Wildman–Crippen MR) is 76.2 cm³/mol. The van der Waals surface area contributed by atoms with Crippen molar-refractivity contribution in [3.05, 3.63) is 76.5 Å². The first-order chi connectivity index (χ1) is 10.9. The van der Waals surface area contributed by atoms with Gasteiger partial charge in [0.05, 0.1) is 17.9 Å². The molecule has 3 rings (SSSR count). The molecule has 0 aliphatic heterocycles. The highest BCUT2D eigenvalue weighted by molar-refractivity contribution is 5.30. The first kappa shape index (κ1) is 15.0. The van der Waals surface area contributed by atoms with Gasteiger partial charge in [0.15, 0.2) is 5.69 Å². The molecule has 0 N–H and O–H groups in total. The van der Waals surface area contributed by atoms with E-state index in [1.807, 2.05) is 30.3 Å². The molecule has 0 radical (unpaired) electrons. The molecule has 0 spiro atoms. The highest BCUT2D eigenvalue weighted by Gasteiger charge is 2.33. The van der Waals surface area contributed by atoms with Gasteiger partial charge in [0.2, 0.25) is 0 Å². The summed E-state index contributed by atoms with van der Waals surface area (Å²) in [5.74, 6) is 0. The predicted octanol–water partition coefficient (Wildman–Crippen LogP) is 2.50. The smallest absolute Gasteiger partial charge is 0.268 e. The van der Waals surface area contributed by atoms with E-state index in [0.29, 0.717) is 11.8 Å². The van der Waals surface area contributed by atoms with Crippen LogP contribution in [-0.2, 0) is 12.7 Å². The van der Waals surface area contributed by atoms with E-state index in [-0.39, 0.29) is 6.54 Å². The number of halogens is 3. The van der Waals surface area contributed by atoms with E-state index >= 15 is 0 Å². The van der Waals surface area contributed by atoms with Crippen LogP contribution in [0.3, 0.4) is 0 Å². The second kappa shape index (κ2) is 5.71. The molecule has 1 aromatic carbocycles. The van der Waals surface area contributed by atoms with Gasteiger partial charge in [-0.15, -0.1) is 0 Å². The lowest BCUT2D eigenvalue weighted by Crippen LogP contribution is -2.26. The Morgan fingerprint density at radius 3 is 2.39 bits per heavy atom. The second-order valence-corrected chi connectivity index (χ2v) is 4.80. The van der Waals surface area contributed by atoms with Crippen LogP contribution in [0.2, 0.25) is 0 Å². The molecule has 0 aliphatic carbocycles. The Balaban J connectivity index is 1.89. The van der Waals surface area contributed by atoms with Crippen molar-refractivity contribution >= 4 is 0 Å². The molecule has 2 heterocycles. The first-order valence-electron chi connectivity index (χ1n) is 6.69. The van der Waals surface area contributed by atoms with Crippen LogP contribution in [-0.4, -0.2) is 19.6 Å². The van der Waals surface area contributed by atoms with E-state index in [2.05, 4.69) is 10.2 Å². The molecule has 0 unspecified atom stereocenters. The van der Waals surface area contributed by atoms with Crippen LogP contribution in [0.5, 0.6) is 0 Å². The maximum absolute atomic E-state index is 12.7. The van der Waals surface area contributed by atoms with E-state index in [0.717, 1.165) is 16.4 Å². The summed E-state index contributed by atoms with van der Waals surface area (Å²) in [4.78, 5) is 11.7. The topological polar surface area (TPSA) is 52.7 Å². The van der Waals surface area contributed by atoms with E-state index in [1.165, 1.54) is 0 Å². The van der Waals surface area contributed by atoms with Crippen molar-refractivity contribution in [3.63, 3.8) is 0 Å². The number of nitrogens with zero attached hydrogens (tertiary/aromatic N) is 4. The standard InChI is InChI=1S/C15H11F3N4O/c16-15(17,18)13-6-7-14(23)22(20-13)10-11-8-9-21(19-11)12-4-2-1-3-5-12/h1-9H,10H2. The fraction of sp³-hybridized carbons (Fsp3) is 0.133. The number of hydrogen-bond donors (Lipinski definition) is 0. The summed E-state index contributed by atoms with van der Waals surface area (Å²) in [6.45, 7) is -0.136. The summed E-state index contributed by atoms with van der Waals surface area (Å²) in [5.41, 5.74) is -0.488. The molecule has 0 amide bonds. The van der Waals surface area contributed by atoms with Gasteiger partial charge >= 0.3 is 6.18 Å². The summed E-state index contributed by atoms with van der Waals surface area (Å²) in [6, 6.07) is 12.4. The minimum atomic E-state index is -4.60. The quantitative estimate of drug-likeness (QED) is 0.745. The fourth-order valence-corrected chi connectivity index (χ4v) is 2.04. The zero-order valence-corrected chi connectivity index (χ0v) is 11.7. The molecule has 0 aliphatic rings. The maximum Gasteiger partial charge on any atom is 0.435 e. The van der Waals surface area contributed by atoms with Crippen LogP contribution in [0.25, 0.3) is 5.69 Å². The van der Waals surface area contributed by atoms with Gasteiger partial charge in [-0.05, 0) is 24.3 Å². The number of para-hydroxylation sites is 1. The third-order valence-electron chi connectivity index (χ3n) is 3.13. The zero-order chi connectivity index (χ0) is 16.4. The van der Waals surface area contributed by atoms with E-state index in [1.54, 1.807) is 16.9 Å². The van der Waals surface area contributed by atoms with Gasteiger partial charge in [-0.25, -0.2) is 9.36 Å². The number of aromatic nitrogens is 4.